The maximum atomic E-state index is 14.7. The number of amides is 4. The Morgan fingerprint density at radius 3 is 2.22 bits per heavy atom. The minimum atomic E-state index is -1.23. The molecule has 0 radical (unpaired) electrons. The van der Waals surface area contributed by atoms with Gasteiger partial charge in [-0.25, -0.2) is 0 Å². The molecule has 5 rings (SSSR count). The average Bonchev–Trinajstić information content (AvgIpc) is 3.56. The largest absolute Gasteiger partial charge is 0.373 e. The number of hydrogen-bond donors (Lipinski definition) is 5. The number of rotatable bonds is 15. The third-order valence-electron chi connectivity index (χ3n) is 11.4. The van der Waals surface area contributed by atoms with Gasteiger partial charge in [-0.2, -0.15) is 0 Å². The van der Waals surface area contributed by atoms with Crippen LogP contribution in [-0.2, 0) is 24.0 Å². The first-order valence-electron chi connectivity index (χ1n) is 19.3. The van der Waals surface area contributed by atoms with Crippen molar-refractivity contribution >= 4 is 29.4 Å². The Labute approximate surface area is 302 Å². The summed E-state index contributed by atoms with van der Waals surface area (Å²) in [5.41, 5.74) is -0.426. The molecule has 1 unspecified atom stereocenters. The highest BCUT2D eigenvalue weighted by molar-refractivity contribution is 6.38. The van der Waals surface area contributed by atoms with E-state index in [1.165, 1.54) is 18.6 Å². The Morgan fingerprint density at radius 2 is 1.61 bits per heavy atom. The summed E-state index contributed by atoms with van der Waals surface area (Å²) < 4.78 is 0. The van der Waals surface area contributed by atoms with Crippen molar-refractivity contribution in [2.45, 2.75) is 154 Å². The van der Waals surface area contributed by atoms with Crippen LogP contribution in [0.5, 0.6) is 0 Å². The molecule has 1 aromatic heterocycles. The Kier molecular flexibility index (Phi) is 13.2. The zero-order valence-corrected chi connectivity index (χ0v) is 30.9. The lowest BCUT2D eigenvalue weighted by atomic mass is 9.81. The fourth-order valence-corrected chi connectivity index (χ4v) is 8.38. The van der Waals surface area contributed by atoms with Crippen molar-refractivity contribution < 1.29 is 29.1 Å². The predicted molar refractivity (Wildman–Crippen MR) is 190 cm³/mol. The second-order valence-electron chi connectivity index (χ2n) is 16.3. The standard InChI is InChI=1S/C38H59N7O6/c1-5-11-27(31(46)36(50)41-25-16-17-25)42-35(49)30-26(23-12-9-10-13-23)18-21-45(30)37(51)32(38(2,3)4)44-34(48)29(24-14-7-6-8-15-24)43-33(47)28-22-39-19-20-40-28/h19-20,22-27,29-30,32-33,43,47H,5-18,21H2,1-4H3,(H,41,50)(H,42,49)(H,44,48)/t26-,27+,29-,30+,32+,33?/m1/s1. The number of hydrogen-bond acceptors (Lipinski definition) is 9. The van der Waals surface area contributed by atoms with Gasteiger partial charge in [0.05, 0.1) is 18.3 Å². The van der Waals surface area contributed by atoms with E-state index in [0.717, 1.165) is 70.6 Å². The number of ketones is 1. The van der Waals surface area contributed by atoms with Crippen molar-refractivity contribution in [3.8, 4) is 0 Å². The van der Waals surface area contributed by atoms with Crippen LogP contribution in [0.25, 0.3) is 0 Å². The lowest BCUT2D eigenvalue weighted by Gasteiger charge is -2.39. The number of likely N-dealkylation sites (tertiary alicyclic amines) is 1. The van der Waals surface area contributed by atoms with Crippen LogP contribution in [0.15, 0.2) is 18.6 Å². The van der Waals surface area contributed by atoms with E-state index < -0.39 is 53.4 Å². The number of Topliss-reactive ketones (excluding diaryl/α,β-unsaturated/α-hetero) is 1. The van der Waals surface area contributed by atoms with E-state index >= 15 is 0 Å². The molecule has 2 heterocycles. The van der Waals surface area contributed by atoms with E-state index in [1.807, 2.05) is 27.7 Å². The molecule has 6 atom stereocenters. The van der Waals surface area contributed by atoms with Crippen molar-refractivity contribution in [3.63, 3.8) is 0 Å². The highest BCUT2D eigenvalue weighted by Crippen LogP contribution is 2.41. The Hall–Kier alpha value is -3.45. The fraction of sp³-hybridized carbons (Fsp3) is 0.763. The van der Waals surface area contributed by atoms with Crippen LogP contribution in [0, 0.1) is 23.2 Å². The van der Waals surface area contributed by atoms with Crippen LogP contribution in [0.2, 0.25) is 0 Å². The van der Waals surface area contributed by atoms with Crippen LogP contribution in [0.3, 0.4) is 0 Å². The topological polar surface area (TPSA) is 183 Å². The maximum absolute atomic E-state index is 14.7. The van der Waals surface area contributed by atoms with E-state index in [-0.39, 0.29) is 35.6 Å². The molecule has 5 N–H and O–H groups in total. The van der Waals surface area contributed by atoms with Crippen molar-refractivity contribution in [2.75, 3.05) is 6.54 Å². The van der Waals surface area contributed by atoms with Crippen LogP contribution < -0.4 is 21.3 Å². The van der Waals surface area contributed by atoms with Gasteiger partial charge >= 0.3 is 0 Å². The van der Waals surface area contributed by atoms with Gasteiger partial charge in [-0.05, 0) is 61.7 Å². The van der Waals surface area contributed by atoms with E-state index in [4.69, 9.17) is 0 Å². The molecule has 1 aliphatic heterocycles. The number of aliphatic hydroxyl groups excluding tert-OH is 1. The molecule has 1 aromatic rings. The van der Waals surface area contributed by atoms with E-state index in [9.17, 15) is 29.1 Å². The van der Waals surface area contributed by atoms with Crippen LogP contribution in [-0.4, -0.2) is 86.1 Å². The molecule has 51 heavy (non-hydrogen) atoms. The van der Waals surface area contributed by atoms with E-state index in [2.05, 4.69) is 31.2 Å². The predicted octanol–water partition coefficient (Wildman–Crippen LogP) is 3.08. The van der Waals surface area contributed by atoms with Gasteiger partial charge in [-0.3, -0.25) is 39.3 Å². The molecule has 4 fully saturated rings. The van der Waals surface area contributed by atoms with Gasteiger partial charge < -0.3 is 26.0 Å². The second kappa shape index (κ2) is 17.4. The summed E-state index contributed by atoms with van der Waals surface area (Å²) in [5, 5.41) is 22.9. The molecule has 282 valence electrons. The Morgan fingerprint density at radius 1 is 0.922 bits per heavy atom. The highest BCUT2D eigenvalue weighted by atomic mass is 16.3. The SMILES string of the molecule is CCC[C@H](NC(=O)[C@@H]1[C@@H](C2CCCC2)CCN1C(=O)[C@H](NC(=O)[C@H](NC(O)c1cnccn1)C1CCCCC1)C(C)(C)C)C(=O)C(=O)NC1CC1. The summed E-state index contributed by atoms with van der Waals surface area (Å²) in [4.78, 5) is 79.2. The van der Waals surface area contributed by atoms with Crippen LogP contribution in [0.1, 0.15) is 130 Å². The number of aromatic nitrogens is 2. The van der Waals surface area contributed by atoms with Crippen molar-refractivity contribution in [3.05, 3.63) is 24.3 Å². The zero-order valence-electron chi connectivity index (χ0n) is 30.9. The van der Waals surface area contributed by atoms with Gasteiger partial charge in [-0.1, -0.05) is 79.1 Å². The summed E-state index contributed by atoms with van der Waals surface area (Å²) in [7, 11) is 0. The number of carbonyl (C=O) groups excluding carboxylic acids is 5. The Bertz CT molecular complexity index is 1370. The third kappa shape index (κ3) is 9.91. The van der Waals surface area contributed by atoms with Gasteiger partial charge in [-0.15, -0.1) is 0 Å². The normalized spacial score (nSPS) is 24.0. The van der Waals surface area contributed by atoms with Gasteiger partial charge in [0, 0.05) is 25.0 Å². The molecule has 13 heteroatoms. The molecule has 0 bridgehead atoms. The quantitative estimate of drug-likeness (QED) is 0.135. The van der Waals surface area contributed by atoms with Crippen molar-refractivity contribution in [1.82, 2.24) is 36.1 Å². The molecule has 0 aromatic carbocycles. The zero-order chi connectivity index (χ0) is 36.7. The minimum absolute atomic E-state index is 0.0156. The number of aliphatic hydroxyl groups is 1. The molecular weight excluding hydrogens is 650 g/mol. The van der Waals surface area contributed by atoms with Gasteiger partial charge in [0.15, 0.2) is 0 Å². The first-order chi connectivity index (χ1) is 24.4. The Balaban J connectivity index is 1.38. The molecule has 4 amide bonds. The molecule has 3 saturated carbocycles. The summed E-state index contributed by atoms with van der Waals surface area (Å²) in [6.07, 6.45) is 15.2. The molecular formula is C38H59N7O6. The first kappa shape index (κ1) is 38.8. The van der Waals surface area contributed by atoms with Crippen LogP contribution >= 0.6 is 0 Å². The first-order valence-corrected chi connectivity index (χ1v) is 19.3. The highest BCUT2D eigenvalue weighted by Gasteiger charge is 2.50. The van der Waals surface area contributed by atoms with Crippen molar-refractivity contribution in [1.29, 1.82) is 0 Å². The summed E-state index contributed by atoms with van der Waals surface area (Å²) in [5.74, 6) is -2.37. The lowest BCUT2D eigenvalue weighted by Crippen LogP contribution is -2.62. The van der Waals surface area contributed by atoms with Gasteiger partial charge in [0.25, 0.3) is 5.91 Å². The average molecular weight is 710 g/mol. The van der Waals surface area contributed by atoms with Gasteiger partial charge in [0.1, 0.15) is 24.0 Å². The number of nitrogens with one attached hydrogen (secondary N) is 4. The smallest absolute Gasteiger partial charge is 0.289 e. The minimum Gasteiger partial charge on any atom is -0.373 e. The fourth-order valence-electron chi connectivity index (χ4n) is 8.38. The molecule has 13 nitrogen and oxygen atoms in total. The van der Waals surface area contributed by atoms with E-state index in [0.29, 0.717) is 31.5 Å². The molecule has 0 spiro atoms. The number of carbonyl (C=O) groups is 5. The maximum Gasteiger partial charge on any atom is 0.289 e. The van der Waals surface area contributed by atoms with Crippen LogP contribution in [0.4, 0.5) is 0 Å². The van der Waals surface area contributed by atoms with Gasteiger partial charge in [0.2, 0.25) is 23.5 Å². The van der Waals surface area contributed by atoms with E-state index in [1.54, 1.807) is 4.90 Å². The summed E-state index contributed by atoms with van der Waals surface area (Å²) >= 11 is 0. The third-order valence-corrected chi connectivity index (χ3v) is 11.4. The monoisotopic (exact) mass is 709 g/mol. The summed E-state index contributed by atoms with van der Waals surface area (Å²) in [6, 6.07) is -3.55. The van der Waals surface area contributed by atoms with Crippen molar-refractivity contribution in [2.24, 2.45) is 23.2 Å². The number of nitrogens with zero attached hydrogens (tertiary/aromatic N) is 3. The second-order valence-corrected chi connectivity index (χ2v) is 16.3. The molecule has 1 saturated heterocycles. The summed E-state index contributed by atoms with van der Waals surface area (Å²) in [6.45, 7) is 7.92. The molecule has 4 aliphatic rings. The lowest BCUT2D eigenvalue weighted by molar-refractivity contribution is -0.146. The molecule has 3 aliphatic carbocycles.